The van der Waals surface area contributed by atoms with Crippen LogP contribution in [0.15, 0.2) is 12.4 Å². The summed E-state index contributed by atoms with van der Waals surface area (Å²) < 4.78 is 5.30. The third-order valence-electron chi connectivity index (χ3n) is 2.54. The van der Waals surface area contributed by atoms with Gasteiger partial charge in [-0.2, -0.15) is 0 Å². The second-order valence-corrected chi connectivity index (χ2v) is 3.61. The molecule has 1 fully saturated rings. The van der Waals surface area contributed by atoms with Gasteiger partial charge in [-0.15, -0.1) is 0 Å². The van der Waals surface area contributed by atoms with E-state index in [1.165, 1.54) is 0 Å². The molecule has 0 saturated carbocycles. The Morgan fingerprint density at radius 1 is 1.50 bits per heavy atom. The molecular weight excluding hydrogens is 178 g/mol. The summed E-state index contributed by atoms with van der Waals surface area (Å²) in [7, 11) is 1.76. The number of hydrogen-bond donors (Lipinski definition) is 0. The van der Waals surface area contributed by atoms with E-state index in [9.17, 15) is 0 Å². The molecule has 2 rings (SSSR count). The molecule has 1 aliphatic rings. The van der Waals surface area contributed by atoms with Crippen molar-refractivity contribution in [3.8, 4) is 0 Å². The van der Waals surface area contributed by atoms with Crippen LogP contribution in [-0.2, 0) is 4.74 Å². The standard InChI is InChI=1S/C10H15N3O/c1-8-5-11-6-10(12-8)13-4-3-9(7-13)14-2/h5-6,9H,3-4,7H2,1-2H3/t9-/m0/s1. The van der Waals surface area contributed by atoms with Gasteiger partial charge in [0.25, 0.3) is 0 Å². The van der Waals surface area contributed by atoms with E-state index in [4.69, 9.17) is 4.74 Å². The molecule has 0 aromatic carbocycles. The predicted octanol–water partition coefficient (Wildman–Crippen LogP) is 1.01. The van der Waals surface area contributed by atoms with Crippen LogP contribution in [-0.4, -0.2) is 36.3 Å². The summed E-state index contributed by atoms with van der Waals surface area (Å²) in [5, 5.41) is 0. The van der Waals surface area contributed by atoms with Crippen molar-refractivity contribution in [1.82, 2.24) is 9.97 Å². The summed E-state index contributed by atoms with van der Waals surface area (Å²) in [5.74, 6) is 0.963. The van der Waals surface area contributed by atoms with E-state index in [0.717, 1.165) is 31.0 Å². The number of ether oxygens (including phenoxy) is 1. The van der Waals surface area contributed by atoms with Gasteiger partial charge in [-0.25, -0.2) is 4.98 Å². The topological polar surface area (TPSA) is 38.2 Å². The van der Waals surface area contributed by atoms with E-state index < -0.39 is 0 Å². The molecule has 76 valence electrons. The predicted molar refractivity (Wildman–Crippen MR) is 54.4 cm³/mol. The number of methoxy groups -OCH3 is 1. The van der Waals surface area contributed by atoms with E-state index in [-0.39, 0.29) is 0 Å². The molecule has 1 atom stereocenters. The molecular formula is C10H15N3O. The summed E-state index contributed by atoms with van der Waals surface area (Å²) >= 11 is 0. The smallest absolute Gasteiger partial charge is 0.147 e. The molecule has 0 spiro atoms. The van der Waals surface area contributed by atoms with Crippen LogP contribution in [0.4, 0.5) is 5.82 Å². The molecule has 0 bridgehead atoms. The molecule has 1 saturated heterocycles. The van der Waals surface area contributed by atoms with Crippen LogP contribution >= 0.6 is 0 Å². The molecule has 0 N–H and O–H groups in total. The van der Waals surface area contributed by atoms with Crippen LogP contribution in [0.1, 0.15) is 12.1 Å². The first-order valence-corrected chi connectivity index (χ1v) is 4.86. The van der Waals surface area contributed by atoms with Crippen LogP contribution in [0.5, 0.6) is 0 Å². The Balaban J connectivity index is 2.09. The lowest BCUT2D eigenvalue weighted by molar-refractivity contribution is 0.121. The molecule has 0 radical (unpaired) electrons. The summed E-state index contributed by atoms with van der Waals surface area (Å²) in [6.45, 7) is 3.89. The summed E-state index contributed by atoms with van der Waals surface area (Å²) in [5.41, 5.74) is 0.961. The van der Waals surface area contributed by atoms with Gasteiger partial charge in [0.05, 0.1) is 18.0 Å². The number of aromatic nitrogens is 2. The lowest BCUT2D eigenvalue weighted by Gasteiger charge is -2.16. The average Bonchev–Trinajstić information content (AvgIpc) is 2.66. The van der Waals surface area contributed by atoms with Gasteiger partial charge in [-0.3, -0.25) is 4.98 Å². The normalized spacial score (nSPS) is 21.6. The van der Waals surface area contributed by atoms with Crippen molar-refractivity contribution in [1.29, 1.82) is 0 Å². The van der Waals surface area contributed by atoms with Gasteiger partial charge in [0, 0.05) is 26.4 Å². The lowest BCUT2D eigenvalue weighted by Crippen LogP contribution is -2.23. The van der Waals surface area contributed by atoms with Gasteiger partial charge in [0.2, 0.25) is 0 Å². The molecule has 0 aliphatic carbocycles. The molecule has 14 heavy (non-hydrogen) atoms. The van der Waals surface area contributed by atoms with Gasteiger partial charge in [0.15, 0.2) is 0 Å². The average molecular weight is 193 g/mol. The zero-order chi connectivity index (χ0) is 9.97. The second kappa shape index (κ2) is 3.92. The van der Waals surface area contributed by atoms with E-state index in [0.29, 0.717) is 6.10 Å². The minimum absolute atomic E-state index is 0.345. The maximum Gasteiger partial charge on any atom is 0.147 e. The number of aryl methyl sites for hydroxylation is 1. The number of hydrogen-bond acceptors (Lipinski definition) is 4. The summed E-state index contributed by atoms with van der Waals surface area (Å²) in [6, 6.07) is 0. The van der Waals surface area contributed by atoms with Crippen LogP contribution < -0.4 is 4.90 Å². The fourth-order valence-corrected chi connectivity index (χ4v) is 1.73. The van der Waals surface area contributed by atoms with Crippen molar-refractivity contribution in [3.05, 3.63) is 18.1 Å². The number of anilines is 1. The summed E-state index contributed by atoms with van der Waals surface area (Å²) in [6.07, 6.45) is 5.00. The fraction of sp³-hybridized carbons (Fsp3) is 0.600. The molecule has 4 nitrogen and oxygen atoms in total. The second-order valence-electron chi connectivity index (χ2n) is 3.61. The highest BCUT2D eigenvalue weighted by atomic mass is 16.5. The Morgan fingerprint density at radius 3 is 3.00 bits per heavy atom. The van der Waals surface area contributed by atoms with Gasteiger partial charge in [-0.1, -0.05) is 0 Å². The Bertz CT molecular complexity index is 316. The van der Waals surface area contributed by atoms with Crippen molar-refractivity contribution >= 4 is 5.82 Å². The van der Waals surface area contributed by atoms with Crippen LogP contribution in [0, 0.1) is 6.92 Å². The largest absolute Gasteiger partial charge is 0.380 e. The first-order valence-electron chi connectivity index (χ1n) is 4.86. The molecule has 1 aliphatic heterocycles. The van der Waals surface area contributed by atoms with Gasteiger partial charge in [-0.05, 0) is 13.3 Å². The number of nitrogens with zero attached hydrogens (tertiary/aromatic N) is 3. The Morgan fingerprint density at radius 2 is 2.36 bits per heavy atom. The Hall–Kier alpha value is -1.16. The highest BCUT2D eigenvalue weighted by molar-refractivity contribution is 5.37. The van der Waals surface area contributed by atoms with Crippen molar-refractivity contribution in [3.63, 3.8) is 0 Å². The van der Waals surface area contributed by atoms with Crippen LogP contribution in [0.25, 0.3) is 0 Å². The highest BCUT2D eigenvalue weighted by Crippen LogP contribution is 2.18. The minimum Gasteiger partial charge on any atom is -0.380 e. The minimum atomic E-state index is 0.345. The quantitative estimate of drug-likeness (QED) is 0.702. The van der Waals surface area contributed by atoms with Crippen molar-refractivity contribution in [2.45, 2.75) is 19.4 Å². The Labute approximate surface area is 83.9 Å². The van der Waals surface area contributed by atoms with Crippen molar-refractivity contribution < 1.29 is 4.74 Å². The zero-order valence-corrected chi connectivity index (χ0v) is 8.60. The highest BCUT2D eigenvalue weighted by Gasteiger charge is 2.22. The molecule has 0 amide bonds. The third-order valence-corrected chi connectivity index (χ3v) is 2.54. The summed E-state index contributed by atoms with van der Waals surface area (Å²) in [4.78, 5) is 10.8. The maximum atomic E-state index is 5.30. The lowest BCUT2D eigenvalue weighted by atomic mass is 10.3. The van der Waals surface area contributed by atoms with Gasteiger partial charge in [0.1, 0.15) is 5.82 Å². The monoisotopic (exact) mass is 193 g/mol. The molecule has 4 heteroatoms. The molecule has 2 heterocycles. The molecule has 1 aromatic heterocycles. The van der Waals surface area contributed by atoms with E-state index in [1.54, 1.807) is 13.3 Å². The van der Waals surface area contributed by atoms with Crippen LogP contribution in [0.3, 0.4) is 0 Å². The van der Waals surface area contributed by atoms with Gasteiger partial charge >= 0.3 is 0 Å². The SMILES string of the molecule is CO[C@H]1CCN(c2cncc(C)n2)C1. The number of rotatable bonds is 2. The maximum absolute atomic E-state index is 5.30. The first-order chi connectivity index (χ1) is 6.79. The van der Waals surface area contributed by atoms with Crippen molar-refractivity contribution in [2.75, 3.05) is 25.1 Å². The molecule has 0 unspecified atom stereocenters. The van der Waals surface area contributed by atoms with Crippen LogP contribution in [0.2, 0.25) is 0 Å². The first kappa shape index (κ1) is 9.40. The van der Waals surface area contributed by atoms with E-state index in [2.05, 4.69) is 14.9 Å². The van der Waals surface area contributed by atoms with Gasteiger partial charge < -0.3 is 9.64 Å². The van der Waals surface area contributed by atoms with Crippen molar-refractivity contribution in [2.24, 2.45) is 0 Å². The molecule has 1 aromatic rings. The van der Waals surface area contributed by atoms with E-state index in [1.807, 2.05) is 13.1 Å². The Kier molecular flexibility index (Phi) is 2.63. The fourth-order valence-electron chi connectivity index (χ4n) is 1.73. The third kappa shape index (κ3) is 1.85. The zero-order valence-electron chi connectivity index (χ0n) is 8.60. The van der Waals surface area contributed by atoms with E-state index >= 15 is 0 Å².